The van der Waals surface area contributed by atoms with Crippen LogP contribution >= 0.6 is 12.4 Å². The smallest absolute Gasteiger partial charge is 0.0937 e. The summed E-state index contributed by atoms with van der Waals surface area (Å²) in [6.45, 7) is 3.19. The van der Waals surface area contributed by atoms with E-state index in [1.54, 1.807) is 0 Å². The first-order chi connectivity index (χ1) is 4.83. The zero-order valence-electron chi connectivity index (χ0n) is 7.05. The van der Waals surface area contributed by atoms with Crippen molar-refractivity contribution in [2.45, 2.75) is 32.6 Å². The van der Waals surface area contributed by atoms with Gasteiger partial charge in [-0.2, -0.15) is 0 Å². The first-order valence-corrected chi connectivity index (χ1v) is 4.11. The summed E-state index contributed by atoms with van der Waals surface area (Å²) in [5.41, 5.74) is 5.60. The fourth-order valence-electron chi connectivity index (χ4n) is 1.37. The summed E-state index contributed by atoms with van der Waals surface area (Å²) in [6, 6.07) is 0. The number of hydrogen-bond donors (Lipinski definition) is 1. The second-order valence-corrected chi connectivity index (χ2v) is 2.97. The molecule has 2 N–H and O–H groups in total. The zero-order valence-corrected chi connectivity index (χ0v) is 7.86. The molecule has 11 heavy (non-hydrogen) atoms. The lowest BCUT2D eigenvalue weighted by Crippen LogP contribution is -2.10. The van der Waals surface area contributed by atoms with Crippen molar-refractivity contribution in [3.05, 3.63) is 0 Å². The minimum absolute atomic E-state index is 0. The third kappa shape index (κ3) is 3.61. The molecule has 0 aromatic carbocycles. The largest absolute Gasteiger partial charge is 0.387 e. The van der Waals surface area contributed by atoms with Crippen molar-refractivity contribution < 1.29 is 0 Å². The minimum atomic E-state index is 0. The molecule has 0 radical (unpaired) electrons. The highest BCUT2D eigenvalue weighted by atomic mass is 35.5. The van der Waals surface area contributed by atoms with Crippen LogP contribution in [0.1, 0.15) is 32.6 Å². The minimum Gasteiger partial charge on any atom is -0.387 e. The zero-order chi connectivity index (χ0) is 7.40. The maximum atomic E-state index is 5.60. The average molecular weight is 177 g/mol. The summed E-state index contributed by atoms with van der Waals surface area (Å²) < 4.78 is 0. The molecule has 0 aromatic rings. The molecule has 1 unspecified atom stereocenters. The second kappa shape index (κ2) is 5.42. The lowest BCUT2D eigenvalue weighted by atomic mass is 9.98. The molecule has 0 aromatic heterocycles. The summed E-state index contributed by atoms with van der Waals surface area (Å²) in [5.74, 6) is 1.72. The molecule has 0 saturated heterocycles. The van der Waals surface area contributed by atoms with Crippen LogP contribution in [0.3, 0.4) is 0 Å². The van der Waals surface area contributed by atoms with Gasteiger partial charge >= 0.3 is 0 Å². The fraction of sp³-hybridized carbons (Fsp3) is 0.875. The van der Waals surface area contributed by atoms with Gasteiger partial charge < -0.3 is 5.73 Å². The van der Waals surface area contributed by atoms with E-state index in [9.17, 15) is 0 Å². The van der Waals surface area contributed by atoms with E-state index in [-0.39, 0.29) is 12.4 Å². The standard InChI is InChI=1S/C8H16N2.ClH/c1-2-7-3-4-8(9)10-6-5-7;/h7H,2-6H2,1H3,(H2,9,10);1H. The molecule has 3 heteroatoms. The van der Waals surface area contributed by atoms with Gasteiger partial charge in [0, 0.05) is 13.0 Å². The third-order valence-corrected chi connectivity index (χ3v) is 2.24. The highest BCUT2D eigenvalue weighted by Crippen LogP contribution is 2.17. The molecule has 0 bridgehead atoms. The van der Waals surface area contributed by atoms with Crippen molar-refractivity contribution >= 4 is 18.2 Å². The Balaban J connectivity index is 0.000001000. The Morgan fingerprint density at radius 1 is 1.55 bits per heavy atom. The van der Waals surface area contributed by atoms with Gasteiger partial charge in [-0.1, -0.05) is 13.3 Å². The van der Waals surface area contributed by atoms with Gasteiger partial charge in [0.25, 0.3) is 0 Å². The van der Waals surface area contributed by atoms with Crippen LogP contribution in [0.2, 0.25) is 0 Å². The average Bonchev–Trinajstić information content (AvgIpc) is 2.14. The molecule has 0 aliphatic carbocycles. The first-order valence-electron chi connectivity index (χ1n) is 4.11. The maximum absolute atomic E-state index is 5.60. The van der Waals surface area contributed by atoms with E-state index >= 15 is 0 Å². The number of amidine groups is 1. The summed E-state index contributed by atoms with van der Waals surface area (Å²) in [5, 5.41) is 0. The predicted molar refractivity (Wildman–Crippen MR) is 51.4 cm³/mol. The molecule has 0 amide bonds. The molecule has 0 spiro atoms. The monoisotopic (exact) mass is 176 g/mol. The maximum Gasteiger partial charge on any atom is 0.0937 e. The van der Waals surface area contributed by atoms with Crippen molar-refractivity contribution in [2.24, 2.45) is 16.6 Å². The Hall–Kier alpha value is -0.240. The number of nitrogens with two attached hydrogens (primary N) is 1. The molecule has 66 valence electrons. The van der Waals surface area contributed by atoms with Crippen LogP contribution in [0.5, 0.6) is 0 Å². The van der Waals surface area contributed by atoms with E-state index in [2.05, 4.69) is 11.9 Å². The lowest BCUT2D eigenvalue weighted by Gasteiger charge is -2.08. The summed E-state index contributed by atoms with van der Waals surface area (Å²) in [6.07, 6.45) is 4.77. The Morgan fingerprint density at radius 3 is 2.91 bits per heavy atom. The van der Waals surface area contributed by atoms with Crippen LogP contribution in [0.4, 0.5) is 0 Å². The molecule has 1 aliphatic heterocycles. The van der Waals surface area contributed by atoms with Crippen LogP contribution in [-0.4, -0.2) is 12.4 Å². The molecule has 1 rings (SSSR count). The molecule has 0 fully saturated rings. The summed E-state index contributed by atoms with van der Waals surface area (Å²) in [7, 11) is 0. The van der Waals surface area contributed by atoms with E-state index < -0.39 is 0 Å². The molecule has 1 aliphatic rings. The van der Waals surface area contributed by atoms with Crippen LogP contribution in [0, 0.1) is 5.92 Å². The van der Waals surface area contributed by atoms with Crippen molar-refractivity contribution in [1.29, 1.82) is 0 Å². The Labute approximate surface area is 74.7 Å². The molecule has 1 heterocycles. The van der Waals surface area contributed by atoms with Crippen molar-refractivity contribution in [3.63, 3.8) is 0 Å². The van der Waals surface area contributed by atoms with Gasteiger partial charge in [0.1, 0.15) is 0 Å². The van der Waals surface area contributed by atoms with Crippen molar-refractivity contribution in [2.75, 3.05) is 6.54 Å². The van der Waals surface area contributed by atoms with Crippen molar-refractivity contribution in [3.8, 4) is 0 Å². The van der Waals surface area contributed by atoms with Crippen molar-refractivity contribution in [1.82, 2.24) is 0 Å². The van der Waals surface area contributed by atoms with Crippen LogP contribution in [-0.2, 0) is 0 Å². The topological polar surface area (TPSA) is 38.4 Å². The van der Waals surface area contributed by atoms with E-state index in [1.165, 1.54) is 19.3 Å². The van der Waals surface area contributed by atoms with Crippen LogP contribution in [0.25, 0.3) is 0 Å². The molecular weight excluding hydrogens is 160 g/mol. The lowest BCUT2D eigenvalue weighted by molar-refractivity contribution is 0.461. The van der Waals surface area contributed by atoms with Gasteiger partial charge in [-0.25, -0.2) is 0 Å². The SMILES string of the molecule is CCC1CCN=C(N)CC1.Cl. The molecular formula is C8H17ClN2. The van der Waals surface area contributed by atoms with Gasteiger partial charge in [-0.05, 0) is 18.8 Å². The number of hydrogen-bond acceptors (Lipinski definition) is 2. The van der Waals surface area contributed by atoms with Crippen LogP contribution in [0.15, 0.2) is 4.99 Å². The second-order valence-electron chi connectivity index (χ2n) is 2.97. The van der Waals surface area contributed by atoms with Crippen LogP contribution < -0.4 is 5.73 Å². The molecule has 0 saturated carbocycles. The number of halogens is 1. The van der Waals surface area contributed by atoms with E-state index in [4.69, 9.17) is 5.73 Å². The van der Waals surface area contributed by atoms with Gasteiger partial charge in [0.15, 0.2) is 0 Å². The van der Waals surface area contributed by atoms with E-state index in [1.807, 2.05) is 0 Å². The Kier molecular flexibility index (Phi) is 5.30. The fourth-order valence-corrected chi connectivity index (χ4v) is 1.37. The first kappa shape index (κ1) is 10.8. The molecule has 1 atom stereocenters. The quantitative estimate of drug-likeness (QED) is 0.652. The van der Waals surface area contributed by atoms with Gasteiger partial charge in [-0.3, -0.25) is 4.99 Å². The number of aliphatic imine (C=N–C) groups is 1. The number of rotatable bonds is 1. The molecule has 2 nitrogen and oxygen atoms in total. The highest BCUT2D eigenvalue weighted by Gasteiger charge is 2.09. The predicted octanol–water partition coefficient (Wildman–Crippen LogP) is 1.98. The van der Waals surface area contributed by atoms with E-state index in [0.29, 0.717) is 0 Å². The Morgan fingerprint density at radius 2 is 2.27 bits per heavy atom. The highest BCUT2D eigenvalue weighted by molar-refractivity contribution is 5.85. The van der Waals surface area contributed by atoms with Gasteiger partial charge in [0.05, 0.1) is 5.84 Å². The summed E-state index contributed by atoms with van der Waals surface area (Å²) >= 11 is 0. The van der Waals surface area contributed by atoms with Gasteiger partial charge in [0.2, 0.25) is 0 Å². The van der Waals surface area contributed by atoms with E-state index in [0.717, 1.165) is 24.7 Å². The normalized spacial score (nSPS) is 24.8. The summed E-state index contributed by atoms with van der Waals surface area (Å²) in [4.78, 5) is 4.22. The van der Waals surface area contributed by atoms with Gasteiger partial charge in [-0.15, -0.1) is 12.4 Å². The Bertz CT molecular complexity index is 134. The number of nitrogens with zero attached hydrogens (tertiary/aromatic N) is 1. The third-order valence-electron chi connectivity index (χ3n) is 2.24.